The van der Waals surface area contributed by atoms with Gasteiger partial charge in [-0.3, -0.25) is 9.69 Å². The van der Waals surface area contributed by atoms with Crippen LogP contribution in [0.3, 0.4) is 0 Å². The normalized spacial score (nSPS) is 23.2. The van der Waals surface area contributed by atoms with Crippen molar-refractivity contribution in [1.29, 1.82) is 0 Å². The minimum Gasteiger partial charge on any atom is -0.381 e. The van der Waals surface area contributed by atoms with Crippen molar-refractivity contribution >= 4 is 17.5 Å². The van der Waals surface area contributed by atoms with Crippen molar-refractivity contribution in [2.45, 2.75) is 50.0 Å². The molecule has 0 aromatic heterocycles. The fourth-order valence-corrected chi connectivity index (χ4v) is 5.30. The molecule has 1 amide bonds. The summed E-state index contributed by atoms with van der Waals surface area (Å²) in [4.78, 5) is 18.8. The molecule has 1 saturated carbocycles. The first-order valence-electron chi connectivity index (χ1n) is 11.1. The largest absolute Gasteiger partial charge is 0.381 e. The van der Waals surface area contributed by atoms with Crippen molar-refractivity contribution in [2.24, 2.45) is 0 Å². The number of carbonyl (C=O) groups excluding carboxylic acids is 1. The first-order valence-corrected chi connectivity index (χ1v) is 11.5. The molecule has 1 aliphatic carbocycles. The molecule has 1 aromatic carbocycles. The van der Waals surface area contributed by atoms with Crippen LogP contribution < -0.4 is 0 Å². The molecule has 3 aliphatic rings. The number of halogens is 1. The van der Waals surface area contributed by atoms with E-state index in [0.717, 1.165) is 102 Å². The molecule has 3 fully saturated rings. The maximum Gasteiger partial charge on any atom is 0.233 e. The highest BCUT2D eigenvalue weighted by Crippen LogP contribution is 2.43. The molecule has 2 heterocycles. The van der Waals surface area contributed by atoms with E-state index >= 15 is 0 Å². The Balaban J connectivity index is 1.56. The van der Waals surface area contributed by atoms with E-state index in [0.29, 0.717) is 5.91 Å². The van der Waals surface area contributed by atoms with Crippen molar-refractivity contribution in [3.8, 4) is 0 Å². The molecule has 29 heavy (non-hydrogen) atoms. The third kappa shape index (κ3) is 4.79. The predicted octanol–water partition coefficient (Wildman–Crippen LogP) is 3.49. The van der Waals surface area contributed by atoms with Crippen LogP contribution in [0.15, 0.2) is 24.3 Å². The number of benzene rings is 1. The molecule has 2 saturated heterocycles. The third-order valence-electron chi connectivity index (χ3n) is 6.92. The van der Waals surface area contributed by atoms with Crippen LogP contribution in [0.4, 0.5) is 0 Å². The zero-order valence-corrected chi connectivity index (χ0v) is 18.0. The molecule has 0 spiro atoms. The highest BCUT2D eigenvalue weighted by Gasteiger charge is 2.46. The summed E-state index contributed by atoms with van der Waals surface area (Å²) in [6.45, 7) is 6.71. The molecule has 0 atom stereocenters. The van der Waals surface area contributed by atoms with Gasteiger partial charge in [-0.25, -0.2) is 0 Å². The first-order chi connectivity index (χ1) is 14.2. The molecule has 0 unspecified atom stereocenters. The first kappa shape index (κ1) is 21.1. The Kier molecular flexibility index (Phi) is 7.12. The summed E-state index contributed by atoms with van der Waals surface area (Å²) in [5.41, 5.74) is 0.737. The van der Waals surface area contributed by atoms with Gasteiger partial charge in [0.05, 0.1) is 18.6 Å². The summed E-state index contributed by atoms with van der Waals surface area (Å²) >= 11 is 6.14. The molecule has 0 N–H and O–H groups in total. The molecule has 1 aromatic rings. The number of hydrogen-bond acceptors (Lipinski definition) is 4. The SMILES string of the molecule is O=C(N(CCN1CCOCC1)C1CCOCC1)C1(c2ccc(Cl)cc2)CCCC1. The molecule has 6 heteroatoms. The quantitative estimate of drug-likeness (QED) is 0.706. The van der Waals surface area contributed by atoms with Crippen molar-refractivity contribution in [3.05, 3.63) is 34.9 Å². The summed E-state index contributed by atoms with van der Waals surface area (Å²) in [5, 5.41) is 0.725. The van der Waals surface area contributed by atoms with Gasteiger partial charge < -0.3 is 14.4 Å². The number of rotatable bonds is 6. The Morgan fingerprint density at radius 3 is 2.31 bits per heavy atom. The van der Waals surface area contributed by atoms with E-state index in [2.05, 4.69) is 21.9 Å². The van der Waals surface area contributed by atoms with E-state index in [1.165, 1.54) is 0 Å². The molecule has 2 aliphatic heterocycles. The highest BCUT2D eigenvalue weighted by molar-refractivity contribution is 6.30. The summed E-state index contributed by atoms with van der Waals surface area (Å²) in [6, 6.07) is 8.26. The molecular formula is C23H33ClN2O3. The van der Waals surface area contributed by atoms with Crippen LogP contribution >= 0.6 is 11.6 Å². The van der Waals surface area contributed by atoms with Gasteiger partial charge in [0.2, 0.25) is 5.91 Å². The fourth-order valence-electron chi connectivity index (χ4n) is 5.17. The second kappa shape index (κ2) is 9.78. The Labute approximate surface area is 179 Å². The van der Waals surface area contributed by atoms with E-state index in [1.807, 2.05) is 12.1 Å². The minimum absolute atomic E-state index is 0.280. The maximum absolute atomic E-state index is 14.1. The zero-order chi connectivity index (χ0) is 20.1. The van der Waals surface area contributed by atoms with Crippen molar-refractivity contribution < 1.29 is 14.3 Å². The Morgan fingerprint density at radius 1 is 1.03 bits per heavy atom. The lowest BCUT2D eigenvalue weighted by atomic mass is 9.77. The lowest BCUT2D eigenvalue weighted by Gasteiger charge is -2.41. The summed E-state index contributed by atoms with van der Waals surface area (Å²) < 4.78 is 11.1. The smallest absolute Gasteiger partial charge is 0.233 e. The van der Waals surface area contributed by atoms with Gasteiger partial charge >= 0.3 is 0 Å². The van der Waals surface area contributed by atoms with Crippen LogP contribution in [0.1, 0.15) is 44.1 Å². The average molecular weight is 421 g/mol. The summed E-state index contributed by atoms with van der Waals surface area (Å²) in [5.74, 6) is 0.317. The van der Waals surface area contributed by atoms with Crippen molar-refractivity contribution in [3.63, 3.8) is 0 Å². The maximum atomic E-state index is 14.1. The van der Waals surface area contributed by atoms with Gasteiger partial charge in [0, 0.05) is 50.5 Å². The van der Waals surface area contributed by atoms with E-state index in [9.17, 15) is 4.79 Å². The van der Waals surface area contributed by atoms with Gasteiger partial charge in [0.15, 0.2) is 0 Å². The minimum atomic E-state index is -0.395. The second-order valence-electron chi connectivity index (χ2n) is 8.59. The monoisotopic (exact) mass is 420 g/mol. The van der Waals surface area contributed by atoms with Gasteiger partial charge in [-0.05, 0) is 43.4 Å². The number of morpholine rings is 1. The number of carbonyl (C=O) groups is 1. The lowest BCUT2D eigenvalue weighted by molar-refractivity contribution is -0.142. The number of hydrogen-bond donors (Lipinski definition) is 0. The number of nitrogens with zero attached hydrogens (tertiary/aromatic N) is 2. The summed E-state index contributed by atoms with van der Waals surface area (Å²) in [6.07, 6.45) is 5.96. The van der Waals surface area contributed by atoms with Gasteiger partial charge in [-0.2, -0.15) is 0 Å². The van der Waals surface area contributed by atoms with Crippen LogP contribution in [-0.2, 0) is 19.7 Å². The average Bonchev–Trinajstić information content (AvgIpc) is 3.27. The van der Waals surface area contributed by atoms with E-state index in [1.54, 1.807) is 0 Å². The van der Waals surface area contributed by atoms with Crippen LogP contribution in [0.25, 0.3) is 0 Å². The molecular weight excluding hydrogens is 388 g/mol. The molecule has 0 bridgehead atoms. The fraction of sp³-hybridized carbons (Fsp3) is 0.696. The predicted molar refractivity (Wildman–Crippen MR) is 114 cm³/mol. The lowest BCUT2D eigenvalue weighted by Crippen LogP contribution is -2.54. The van der Waals surface area contributed by atoms with Gasteiger partial charge in [-0.15, -0.1) is 0 Å². The molecule has 0 radical (unpaired) electrons. The van der Waals surface area contributed by atoms with Gasteiger partial charge in [-0.1, -0.05) is 36.6 Å². The van der Waals surface area contributed by atoms with E-state index in [4.69, 9.17) is 21.1 Å². The zero-order valence-electron chi connectivity index (χ0n) is 17.3. The van der Waals surface area contributed by atoms with Gasteiger partial charge in [0.1, 0.15) is 0 Å². The van der Waals surface area contributed by atoms with Crippen molar-refractivity contribution in [2.75, 3.05) is 52.6 Å². The van der Waals surface area contributed by atoms with E-state index in [-0.39, 0.29) is 6.04 Å². The molecule has 5 nitrogen and oxygen atoms in total. The summed E-state index contributed by atoms with van der Waals surface area (Å²) in [7, 11) is 0. The van der Waals surface area contributed by atoms with Crippen molar-refractivity contribution in [1.82, 2.24) is 9.80 Å². The molecule has 160 valence electrons. The number of amides is 1. The van der Waals surface area contributed by atoms with E-state index < -0.39 is 5.41 Å². The number of ether oxygens (including phenoxy) is 2. The standard InChI is InChI=1S/C23H33ClN2O3/c24-20-5-3-19(4-6-20)23(9-1-2-10-23)22(27)26(21-7-15-28-16-8-21)12-11-25-13-17-29-18-14-25/h3-6,21H,1-2,7-18H2. The second-order valence-corrected chi connectivity index (χ2v) is 9.03. The third-order valence-corrected chi connectivity index (χ3v) is 7.17. The van der Waals surface area contributed by atoms with Crippen LogP contribution in [0, 0.1) is 0 Å². The van der Waals surface area contributed by atoms with Crippen LogP contribution in [0.5, 0.6) is 0 Å². The molecule has 4 rings (SSSR count). The topological polar surface area (TPSA) is 42.0 Å². The van der Waals surface area contributed by atoms with Gasteiger partial charge in [0.25, 0.3) is 0 Å². The Morgan fingerprint density at radius 2 is 1.66 bits per heavy atom. The Bertz CT molecular complexity index is 663. The Hall–Kier alpha value is -1.14. The van der Waals surface area contributed by atoms with Crippen LogP contribution in [-0.4, -0.2) is 74.4 Å². The highest BCUT2D eigenvalue weighted by atomic mass is 35.5. The van der Waals surface area contributed by atoms with Crippen LogP contribution in [0.2, 0.25) is 5.02 Å².